The molecule has 0 aliphatic heterocycles. The number of aliphatic hydroxyl groups is 1. The van der Waals surface area contributed by atoms with Crippen molar-refractivity contribution in [2.75, 3.05) is 0 Å². The third-order valence-electron chi connectivity index (χ3n) is 8.88. The molecule has 0 aromatic heterocycles. The molecule has 0 heterocycles. The second kappa shape index (κ2) is 6.64. The highest BCUT2D eigenvalue weighted by atomic mass is 79.9. The van der Waals surface area contributed by atoms with Crippen molar-refractivity contribution in [1.29, 1.82) is 0 Å². The van der Waals surface area contributed by atoms with Gasteiger partial charge in [-0.1, -0.05) is 89.2 Å². The molecule has 0 radical (unpaired) electrons. The number of carbonyl (C=O) groups is 1. The van der Waals surface area contributed by atoms with Crippen LogP contribution in [0.3, 0.4) is 0 Å². The molecule has 6 heteroatoms. The summed E-state index contributed by atoms with van der Waals surface area (Å²) in [5, 5.41) is 10.8. The maximum Gasteiger partial charge on any atom is 0.133 e. The first-order chi connectivity index (χ1) is 12.4. The lowest BCUT2D eigenvalue weighted by Gasteiger charge is -2.64. The number of aliphatic hydroxyl groups excluding tert-OH is 1. The Bertz CT molecular complexity index is 702. The van der Waals surface area contributed by atoms with Crippen LogP contribution in [0.1, 0.15) is 59.3 Å². The molecule has 0 spiro atoms. The lowest BCUT2D eigenvalue weighted by Crippen LogP contribution is -2.64. The van der Waals surface area contributed by atoms with Crippen molar-refractivity contribution >= 4 is 69.5 Å². The molecule has 7 atom stereocenters. The fraction of sp³-hybridized carbons (Fsp3) is 0.857. The highest BCUT2D eigenvalue weighted by Crippen LogP contribution is 2.74. The van der Waals surface area contributed by atoms with Crippen molar-refractivity contribution in [1.82, 2.24) is 0 Å². The van der Waals surface area contributed by atoms with E-state index in [1.807, 2.05) is 0 Å². The van der Waals surface area contributed by atoms with Crippen LogP contribution >= 0.6 is 63.7 Å². The van der Waals surface area contributed by atoms with Crippen LogP contribution in [0.4, 0.5) is 0 Å². The van der Waals surface area contributed by atoms with Gasteiger partial charge in [0.15, 0.2) is 0 Å². The van der Waals surface area contributed by atoms with Gasteiger partial charge in [0.2, 0.25) is 0 Å². The first-order valence-electron chi connectivity index (χ1n) is 10.0. The minimum atomic E-state index is -0.640. The molecule has 0 bridgehead atoms. The average molecular weight is 632 g/mol. The number of hydrogen-bond donors (Lipinski definition) is 1. The summed E-state index contributed by atoms with van der Waals surface area (Å²) in [4.78, 5) is 12.3. The van der Waals surface area contributed by atoms with Gasteiger partial charge in [0, 0.05) is 11.3 Å². The van der Waals surface area contributed by atoms with E-state index in [9.17, 15) is 9.90 Å². The van der Waals surface area contributed by atoms with Crippen molar-refractivity contribution in [3.05, 3.63) is 11.6 Å². The number of allylic oxidation sites excluding steroid dienone is 1. The molecule has 0 saturated heterocycles. The number of fused-ring (bicyclic) bond motifs is 5. The number of hydrogen-bond acceptors (Lipinski definition) is 2. The summed E-state index contributed by atoms with van der Waals surface area (Å²) < 4.78 is -1.14. The molecule has 0 amide bonds. The maximum atomic E-state index is 12.3. The van der Waals surface area contributed by atoms with E-state index in [0.29, 0.717) is 30.0 Å². The largest absolute Gasteiger partial charge is 0.390 e. The van der Waals surface area contributed by atoms with E-state index in [4.69, 9.17) is 0 Å². The third kappa shape index (κ3) is 2.64. The number of halogens is 4. The SMILES string of the molecule is CC(=O)[C@H]1CCC2C3CC=C4C[C@H](O)C(Br)(Br)C(Br)(Br)[C@]4(C)C3CC[C@@]21C. The Morgan fingerprint density at radius 1 is 1.11 bits per heavy atom. The fourth-order valence-corrected chi connectivity index (χ4v) is 10.1. The monoisotopic (exact) mass is 628 g/mol. The number of alkyl halides is 4. The molecular weight excluding hydrogens is 604 g/mol. The zero-order valence-electron chi connectivity index (χ0n) is 16.1. The highest BCUT2D eigenvalue weighted by molar-refractivity contribution is 9.30. The predicted octanol–water partition coefficient (Wildman–Crippen LogP) is 6.71. The Morgan fingerprint density at radius 2 is 1.78 bits per heavy atom. The van der Waals surface area contributed by atoms with Gasteiger partial charge in [-0.3, -0.25) is 4.79 Å². The first kappa shape index (κ1) is 21.5. The lowest BCUT2D eigenvalue weighted by atomic mass is 9.47. The van der Waals surface area contributed by atoms with E-state index in [2.05, 4.69) is 83.6 Å². The number of ketones is 1. The van der Waals surface area contributed by atoms with Gasteiger partial charge in [0.05, 0.1) is 6.10 Å². The van der Waals surface area contributed by atoms with Crippen molar-refractivity contribution in [2.24, 2.45) is 34.5 Å². The zero-order valence-corrected chi connectivity index (χ0v) is 22.4. The zero-order chi connectivity index (χ0) is 20.0. The van der Waals surface area contributed by atoms with Crippen molar-refractivity contribution in [3.8, 4) is 0 Å². The van der Waals surface area contributed by atoms with Gasteiger partial charge in [-0.15, -0.1) is 0 Å². The van der Waals surface area contributed by atoms with Crippen LogP contribution in [-0.4, -0.2) is 23.5 Å². The van der Waals surface area contributed by atoms with Crippen LogP contribution in [-0.2, 0) is 4.79 Å². The van der Waals surface area contributed by atoms with Gasteiger partial charge in [-0.2, -0.15) is 0 Å². The van der Waals surface area contributed by atoms with Crippen molar-refractivity contribution in [2.45, 2.75) is 71.9 Å². The molecule has 2 nitrogen and oxygen atoms in total. The third-order valence-corrected chi connectivity index (χ3v) is 16.1. The van der Waals surface area contributed by atoms with Gasteiger partial charge >= 0.3 is 0 Å². The molecule has 4 aliphatic rings. The second-order valence-corrected chi connectivity index (χ2v) is 16.8. The van der Waals surface area contributed by atoms with Gasteiger partial charge in [-0.25, -0.2) is 0 Å². The summed E-state index contributed by atoms with van der Waals surface area (Å²) in [5.41, 5.74) is 1.41. The van der Waals surface area contributed by atoms with Crippen LogP contribution < -0.4 is 0 Å². The summed E-state index contributed by atoms with van der Waals surface area (Å²) in [6.45, 7) is 6.54. The van der Waals surface area contributed by atoms with Crippen LogP contribution in [0.5, 0.6) is 0 Å². The van der Waals surface area contributed by atoms with Gasteiger partial charge in [0.25, 0.3) is 0 Å². The van der Waals surface area contributed by atoms with E-state index in [1.165, 1.54) is 12.0 Å². The van der Waals surface area contributed by atoms with E-state index >= 15 is 0 Å². The van der Waals surface area contributed by atoms with Crippen LogP contribution in [0.15, 0.2) is 11.6 Å². The maximum absolute atomic E-state index is 12.3. The molecule has 4 aliphatic carbocycles. The summed E-state index contributed by atoms with van der Waals surface area (Å²) in [7, 11) is 0. The lowest BCUT2D eigenvalue weighted by molar-refractivity contribution is -0.127. The minimum absolute atomic E-state index is 0.113. The summed E-state index contributed by atoms with van der Waals surface area (Å²) in [6, 6.07) is 0. The van der Waals surface area contributed by atoms with E-state index in [0.717, 1.165) is 25.7 Å². The first-order valence-corrected chi connectivity index (χ1v) is 13.2. The molecular formula is C21H28Br4O2. The van der Waals surface area contributed by atoms with E-state index < -0.39 is 12.6 Å². The number of rotatable bonds is 1. The Balaban J connectivity index is 1.77. The Hall–Kier alpha value is 1.29. The highest BCUT2D eigenvalue weighted by Gasteiger charge is 2.70. The normalized spacial score (nSPS) is 50.2. The van der Waals surface area contributed by atoms with Gasteiger partial charge in [-0.05, 0) is 68.6 Å². The van der Waals surface area contributed by atoms with E-state index in [1.54, 1.807) is 6.92 Å². The van der Waals surface area contributed by atoms with Crippen LogP contribution in [0.2, 0.25) is 0 Å². The molecule has 152 valence electrons. The van der Waals surface area contributed by atoms with Crippen LogP contribution in [0.25, 0.3) is 0 Å². The Labute approximate surface area is 196 Å². The Morgan fingerprint density at radius 3 is 2.41 bits per heavy atom. The fourth-order valence-electron chi connectivity index (χ4n) is 7.35. The topological polar surface area (TPSA) is 37.3 Å². The molecule has 0 aromatic rings. The molecule has 4 rings (SSSR count). The number of Topliss-reactive ketones (excluding diaryl/α,β-unsaturated/α-hetero) is 1. The Kier molecular flexibility index (Phi) is 5.29. The molecule has 27 heavy (non-hydrogen) atoms. The standard InChI is InChI=1S/C21H28Br4O2/c1-11(26)14-6-7-15-13-5-4-12-10-17(27)20(22,23)21(24,25)19(12,3)16(13)8-9-18(14,15)2/h4,13-17,27H,5-10H2,1-3H3/t13?,14-,15?,16?,17+,18-,19+/m1/s1. The quantitative estimate of drug-likeness (QED) is 0.258. The molecule has 3 fully saturated rings. The summed E-state index contributed by atoms with van der Waals surface area (Å²) >= 11 is 15.6. The van der Waals surface area contributed by atoms with Crippen molar-refractivity contribution in [3.63, 3.8) is 0 Å². The predicted molar refractivity (Wildman–Crippen MR) is 124 cm³/mol. The van der Waals surface area contributed by atoms with Gasteiger partial charge in [0.1, 0.15) is 12.3 Å². The van der Waals surface area contributed by atoms with E-state index in [-0.39, 0.29) is 16.7 Å². The molecule has 3 unspecified atom stereocenters. The smallest absolute Gasteiger partial charge is 0.133 e. The molecule has 0 aromatic carbocycles. The molecule has 1 N–H and O–H groups in total. The average Bonchev–Trinajstić information content (AvgIpc) is 2.93. The number of carbonyl (C=O) groups excluding carboxylic acids is 1. The van der Waals surface area contributed by atoms with Crippen LogP contribution in [0, 0.1) is 34.5 Å². The minimum Gasteiger partial charge on any atom is -0.390 e. The summed E-state index contributed by atoms with van der Waals surface area (Å²) in [6.07, 6.45) is 8.16. The summed E-state index contributed by atoms with van der Waals surface area (Å²) in [5.74, 6) is 2.36. The second-order valence-electron chi connectivity index (χ2n) is 9.75. The van der Waals surface area contributed by atoms with Gasteiger partial charge < -0.3 is 5.11 Å². The molecule has 3 saturated carbocycles. The van der Waals surface area contributed by atoms with Crippen molar-refractivity contribution < 1.29 is 9.90 Å².